The van der Waals surface area contributed by atoms with E-state index in [9.17, 15) is 13.6 Å². The zero-order valence-electron chi connectivity index (χ0n) is 19.3. The van der Waals surface area contributed by atoms with E-state index in [1.165, 1.54) is 18.2 Å². The number of amides is 1. The normalized spacial score (nSPS) is 27.6. The summed E-state index contributed by atoms with van der Waals surface area (Å²) in [6.45, 7) is 6.02. The van der Waals surface area contributed by atoms with E-state index >= 15 is 0 Å². The largest absolute Gasteiger partial charge is 0.396 e. The van der Waals surface area contributed by atoms with Crippen LogP contribution in [0.15, 0.2) is 24.3 Å². The zero-order valence-corrected chi connectivity index (χ0v) is 19.3. The SMILES string of the molecule is CC1(C)[C@H]2CC[C@]1([C@H]1CCCN(C(=O)CCCO)C1)c1nnc(-c3c(F)cccc3F)cc12. The lowest BCUT2D eigenvalue weighted by molar-refractivity contribution is -0.134. The molecule has 2 aliphatic carbocycles. The number of likely N-dealkylation sites (tertiary alicyclic amines) is 1. The Balaban J connectivity index is 1.53. The van der Waals surface area contributed by atoms with Gasteiger partial charge < -0.3 is 10.0 Å². The van der Waals surface area contributed by atoms with Crippen LogP contribution in [-0.4, -0.2) is 45.8 Å². The average molecular weight is 456 g/mol. The molecule has 0 unspecified atom stereocenters. The highest BCUT2D eigenvalue weighted by Gasteiger charge is 2.66. The van der Waals surface area contributed by atoms with Crippen molar-refractivity contribution in [2.24, 2.45) is 11.3 Å². The molecule has 33 heavy (non-hydrogen) atoms. The average Bonchev–Trinajstić information content (AvgIpc) is 3.18. The highest BCUT2D eigenvalue weighted by molar-refractivity contribution is 5.76. The minimum absolute atomic E-state index is 0.0234. The van der Waals surface area contributed by atoms with Gasteiger partial charge in [0.25, 0.3) is 0 Å². The fourth-order valence-corrected chi connectivity index (χ4v) is 7.13. The third-order valence-electron chi connectivity index (χ3n) is 8.71. The van der Waals surface area contributed by atoms with Gasteiger partial charge in [0, 0.05) is 31.5 Å². The van der Waals surface area contributed by atoms with E-state index < -0.39 is 11.6 Å². The van der Waals surface area contributed by atoms with Gasteiger partial charge in [0.1, 0.15) is 11.6 Å². The molecule has 2 bridgehead atoms. The molecular formula is C26H31F2N3O2. The maximum atomic E-state index is 14.4. The van der Waals surface area contributed by atoms with E-state index in [1.54, 1.807) is 0 Å². The van der Waals surface area contributed by atoms with Crippen LogP contribution in [0.3, 0.4) is 0 Å². The third-order valence-corrected chi connectivity index (χ3v) is 8.71. The second kappa shape index (κ2) is 8.12. The topological polar surface area (TPSA) is 66.3 Å². The van der Waals surface area contributed by atoms with Crippen LogP contribution in [0.2, 0.25) is 0 Å². The predicted molar refractivity (Wildman–Crippen MR) is 120 cm³/mol. The van der Waals surface area contributed by atoms with Crippen LogP contribution in [0.1, 0.15) is 69.5 Å². The minimum Gasteiger partial charge on any atom is -0.396 e. The van der Waals surface area contributed by atoms with Crippen molar-refractivity contribution in [3.63, 3.8) is 0 Å². The third kappa shape index (κ3) is 3.22. The summed E-state index contributed by atoms with van der Waals surface area (Å²) in [6, 6.07) is 5.69. The number of halogens is 2. The van der Waals surface area contributed by atoms with Gasteiger partial charge in [0.2, 0.25) is 5.91 Å². The lowest BCUT2D eigenvalue weighted by atomic mass is 9.59. The van der Waals surface area contributed by atoms with E-state index in [2.05, 4.69) is 24.0 Å². The molecule has 5 rings (SSSR count). The van der Waals surface area contributed by atoms with E-state index in [1.807, 2.05) is 11.0 Å². The Morgan fingerprint density at radius 2 is 1.97 bits per heavy atom. The molecule has 3 aliphatic rings. The van der Waals surface area contributed by atoms with Crippen LogP contribution >= 0.6 is 0 Å². The van der Waals surface area contributed by atoms with Crippen molar-refractivity contribution in [1.29, 1.82) is 0 Å². The highest BCUT2D eigenvalue weighted by Crippen LogP contribution is 2.70. The van der Waals surface area contributed by atoms with Gasteiger partial charge in [0.05, 0.1) is 17.0 Å². The molecule has 176 valence electrons. The monoisotopic (exact) mass is 455 g/mol. The smallest absolute Gasteiger partial charge is 0.222 e. The molecule has 1 saturated heterocycles. The van der Waals surface area contributed by atoms with Crippen molar-refractivity contribution in [3.8, 4) is 11.3 Å². The molecule has 0 radical (unpaired) electrons. The second-order valence-electron chi connectivity index (χ2n) is 10.4. The quantitative estimate of drug-likeness (QED) is 0.716. The predicted octanol–water partition coefficient (Wildman–Crippen LogP) is 4.59. The maximum absolute atomic E-state index is 14.4. The van der Waals surface area contributed by atoms with Gasteiger partial charge in [-0.25, -0.2) is 8.78 Å². The van der Waals surface area contributed by atoms with Crippen LogP contribution < -0.4 is 0 Å². The summed E-state index contributed by atoms with van der Waals surface area (Å²) in [5.74, 6) is -0.656. The van der Waals surface area contributed by atoms with Crippen molar-refractivity contribution >= 4 is 5.91 Å². The van der Waals surface area contributed by atoms with Crippen molar-refractivity contribution < 1.29 is 18.7 Å². The molecule has 1 N–H and O–H groups in total. The number of rotatable bonds is 5. The standard InChI is InChI=1S/C26H31F2N3O2/c1-25(2)18-10-11-26(25,16-6-4-12-31(15-16)22(33)9-5-13-32)24-17(18)14-21(29-30-24)23-19(27)7-3-8-20(23)28/h3,7-8,14,16,18,32H,4-6,9-13,15H2,1-2H3/t16-,18-,26-/m0/s1. The molecule has 7 heteroatoms. The van der Waals surface area contributed by atoms with Gasteiger partial charge in [0.15, 0.2) is 0 Å². The molecule has 2 fully saturated rings. The van der Waals surface area contributed by atoms with Crippen molar-refractivity contribution in [1.82, 2.24) is 15.1 Å². The van der Waals surface area contributed by atoms with Gasteiger partial charge >= 0.3 is 0 Å². The first-order valence-electron chi connectivity index (χ1n) is 12.0. The molecule has 1 aromatic carbocycles. The number of hydrogen-bond donors (Lipinski definition) is 1. The molecule has 2 aromatic rings. The highest BCUT2D eigenvalue weighted by atomic mass is 19.1. The van der Waals surface area contributed by atoms with Crippen LogP contribution in [0.4, 0.5) is 8.78 Å². The van der Waals surface area contributed by atoms with E-state index in [0.29, 0.717) is 19.4 Å². The van der Waals surface area contributed by atoms with Crippen molar-refractivity contribution in [2.75, 3.05) is 19.7 Å². The number of aliphatic hydroxyl groups excluding tert-OH is 1. The number of benzene rings is 1. The van der Waals surface area contributed by atoms with Gasteiger partial charge in [-0.15, -0.1) is 0 Å². The number of aromatic nitrogens is 2. The molecule has 1 saturated carbocycles. The lowest BCUT2D eigenvalue weighted by Crippen LogP contribution is -2.51. The molecule has 3 atom stereocenters. The first-order valence-corrected chi connectivity index (χ1v) is 12.0. The Labute approximate surface area is 193 Å². The summed E-state index contributed by atoms with van der Waals surface area (Å²) in [5, 5.41) is 18.1. The van der Waals surface area contributed by atoms with Gasteiger partial charge in [-0.3, -0.25) is 4.79 Å². The second-order valence-corrected chi connectivity index (χ2v) is 10.4. The Morgan fingerprint density at radius 1 is 1.21 bits per heavy atom. The maximum Gasteiger partial charge on any atom is 0.222 e. The first kappa shape index (κ1) is 22.4. The van der Waals surface area contributed by atoms with E-state index in [-0.39, 0.29) is 46.4 Å². The summed E-state index contributed by atoms with van der Waals surface area (Å²) < 4.78 is 28.9. The molecule has 1 aromatic heterocycles. The Bertz CT molecular complexity index is 1070. The molecular weight excluding hydrogens is 424 g/mol. The minimum atomic E-state index is -0.634. The summed E-state index contributed by atoms with van der Waals surface area (Å²) in [7, 11) is 0. The zero-order chi connectivity index (χ0) is 23.4. The number of carbonyl (C=O) groups is 1. The number of hydrogen-bond acceptors (Lipinski definition) is 4. The van der Waals surface area contributed by atoms with Crippen LogP contribution in [0, 0.1) is 23.0 Å². The number of carbonyl (C=O) groups excluding carboxylic acids is 1. The molecule has 0 spiro atoms. The van der Waals surface area contributed by atoms with Crippen molar-refractivity contribution in [3.05, 3.63) is 47.2 Å². The number of fused-ring (bicyclic) bond motifs is 5. The van der Waals surface area contributed by atoms with Crippen molar-refractivity contribution in [2.45, 2.75) is 63.7 Å². The Kier molecular flexibility index (Phi) is 5.51. The summed E-state index contributed by atoms with van der Waals surface area (Å²) >= 11 is 0. The van der Waals surface area contributed by atoms with Crippen LogP contribution in [0.25, 0.3) is 11.3 Å². The Morgan fingerprint density at radius 3 is 2.70 bits per heavy atom. The van der Waals surface area contributed by atoms with E-state index in [4.69, 9.17) is 5.11 Å². The summed E-state index contributed by atoms with van der Waals surface area (Å²) in [4.78, 5) is 14.7. The summed E-state index contributed by atoms with van der Waals surface area (Å²) in [6.07, 6.45) is 4.81. The molecule has 2 heterocycles. The van der Waals surface area contributed by atoms with Gasteiger partial charge in [-0.05, 0) is 73.1 Å². The number of aliphatic hydroxyl groups is 1. The number of piperidine rings is 1. The molecule has 1 amide bonds. The lowest BCUT2D eigenvalue weighted by Gasteiger charge is -2.48. The Hall–Kier alpha value is -2.41. The fourth-order valence-electron chi connectivity index (χ4n) is 7.13. The van der Waals surface area contributed by atoms with Crippen LogP contribution in [0.5, 0.6) is 0 Å². The molecule has 1 aliphatic heterocycles. The van der Waals surface area contributed by atoms with E-state index in [0.717, 1.165) is 43.5 Å². The fraction of sp³-hybridized carbons (Fsp3) is 0.577. The first-order chi connectivity index (χ1) is 15.8. The molecule has 5 nitrogen and oxygen atoms in total. The summed E-state index contributed by atoms with van der Waals surface area (Å²) in [5.41, 5.74) is 1.84. The number of nitrogens with zero attached hydrogens (tertiary/aromatic N) is 3. The van der Waals surface area contributed by atoms with Crippen LogP contribution in [-0.2, 0) is 10.2 Å². The van der Waals surface area contributed by atoms with Gasteiger partial charge in [-0.2, -0.15) is 10.2 Å². The van der Waals surface area contributed by atoms with Gasteiger partial charge in [-0.1, -0.05) is 19.9 Å².